The number of H-pyrrole nitrogens is 1. The fraction of sp³-hybridized carbons (Fsp3) is 0.545. The van der Waals surface area contributed by atoms with Gasteiger partial charge in [-0.3, -0.25) is 9.89 Å². The summed E-state index contributed by atoms with van der Waals surface area (Å²) in [4.78, 5) is 12.7. The molecule has 3 rings (SSSR count). The third-order valence-electron chi connectivity index (χ3n) is 5.83. The van der Waals surface area contributed by atoms with Crippen molar-refractivity contribution in [1.29, 1.82) is 5.26 Å². The van der Waals surface area contributed by atoms with Crippen molar-refractivity contribution in [1.82, 2.24) is 24.6 Å². The molecule has 160 valence electrons. The van der Waals surface area contributed by atoms with Crippen LogP contribution in [-0.2, 0) is 11.3 Å². The monoisotopic (exact) mass is 426 g/mol. The molecule has 8 heteroatoms. The van der Waals surface area contributed by atoms with E-state index in [1.54, 1.807) is 6.08 Å². The number of hydrogen-bond acceptors (Lipinski definition) is 4. The number of nitrogens with one attached hydrogen (secondary N) is 2. The van der Waals surface area contributed by atoms with Crippen LogP contribution < -0.4 is 5.32 Å². The number of rotatable bonds is 6. The fourth-order valence-electron chi connectivity index (χ4n) is 4.40. The van der Waals surface area contributed by atoms with Crippen molar-refractivity contribution < 1.29 is 4.79 Å². The molecule has 0 atom stereocenters. The number of hydrogen-bond donors (Lipinski definition) is 2. The lowest BCUT2D eigenvalue weighted by atomic mass is 9.95. The summed E-state index contributed by atoms with van der Waals surface area (Å²) in [7, 11) is 0. The Morgan fingerprint density at radius 1 is 1.40 bits per heavy atom. The average Bonchev–Trinajstić information content (AvgIpc) is 3.23. The molecular weight excluding hydrogens is 396 g/mol. The predicted octanol–water partition coefficient (Wildman–Crippen LogP) is 4.67. The Morgan fingerprint density at radius 3 is 2.73 bits per heavy atom. The average molecular weight is 427 g/mol. The number of amides is 1. The van der Waals surface area contributed by atoms with Gasteiger partial charge in [-0.25, -0.2) is 0 Å². The first-order valence-corrected chi connectivity index (χ1v) is 11.0. The van der Waals surface area contributed by atoms with Gasteiger partial charge in [-0.15, -0.1) is 0 Å². The van der Waals surface area contributed by atoms with E-state index < -0.39 is 5.91 Å². The van der Waals surface area contributed by atoms with E-state index in [4.69, 9.17) is 12.2 Å². The van der Waals surface area contributed by atoms with E-state index in [1.807, 2.05) is 24.5 Å². The topological polar surface area (TPSA) is 91.4 Å². The van der Waals surface area contributed by atoms with Crippen molar-refractivity contribution in [3.63, 3.8) is 0 Å². The number of nitriles is 1. The second-order valence-corrected chi connectivity index (χ2v) is 8.64. The molecule has 0 spiro atoms. The van der Waals surface area contributed by atoms with E-state index in [2.05, 4.69) is 40.0 Å². The smallest absolute Gasteiger partial charge is 0.262 e. The quantitative estimate of drug-likeness (QED) is 0.399. The minimum Gasteiger partial charge on any atom is -0.346 e. The van der Waals surface area contributed by atoms with E-state index in [0.717, 1.165) is 11.3 Å². The fourth-order valence-corrected chi connectivity index (χ4v) is 4.76. The van der Waals surface area contributed by atoms with Gasteiger partial charge in [0, 0.05) is 23.5 Å². The third-order valence-corrected chi connectivity index (χ3v) is 6.12. The van der Waals surface area contributed by atoms with Gasteiger partial charge in [-0.1, -0.05) is 19.3 Å². The Morgan fingerprint density at radius 2 is 2.10 bits per heavy atom. The highest BCUT2D eigenvalue weighted by Crippen LogP contribution is 2.32. The minimum atomic E-state index is -0.413. The Balaban J connectivity index is 1.78. The predicted molar refractivity (Wildman–Crippen MR) is 119 cm³/mol. The molecule has 2 heterocycles. The summed E-state index contributed by atoms with van der Waals surface area (Å²) < 4.78 is 4.74. The summed E-state index contributed by atoms with van der Waals surface area (Å²) >= 11 is 5.24. The molecule has 0 aromatic carbocycles. The molecule has 7 nitrogen and oxygen atoms in total. The van der Waals surface area contributed by atoms with Gasteiger partial charge >= 0.3 is 0 Å². The molecule has 1 aliphatic carbocycles. The molecule has 2 N–H and O–H groups in total. The van der Waals surface area contributed by atoms with Crippen LogP contribution in [0.1, 0.15) is 80.8 Å². The van der Waals surface area contributed by atoms with Crippen LogP contribution in [0.2, 0.25) is 0 Å². The summed E-state index contributed by atoms with van der Waals surface area (Å²) in [5, 5.41) is 19.3. The molecule has 1 fully saturated rings. The van der Waals surface area contributed by atoms with E-state index in [1.165, 1.54) is 37.8 Å². The highest BCUT2D eigenvalue weighted by Gasteiger charge is 2.20. The Labute approximate surface area is 182 Å². The van der Waals surface area contributed by atoms with Crippen molar-refractivity contribution in [2.75, 3.05) is 0 Å². The van der Waals surface area contributed by atoms with Crippen molar-refractivity contribution in [3.8, 4) is 6.07 Å². The van der Waals surface area contributed by atoms with Gasteiger partial charge in [-0.05, 0) is 70.5 Å². The molecule has 0 unspecified atom stereocenters. The zero-order valence-corrected chi connectivity index (χ0v) is 19.0. The molecule has 1 amide bonds. The number of aromatic amines is 1. The molecule has 0 radical (unpaired) electrons. The maximum absolute atomic E-state index is 12.7. The summed E-state index contributed by atoms with van der Waals surface area (Å²) in [6.45, 7) is 8.36. The van der Waals surface area contributed by atoms with E-state index in [0.29, 0.717) is 16.6 Å². The molecule has 0 bridgehead atoms. The Hall–Kier alpha value is -2.66. The second-order valence-electron chi connectivity index (χ2n) is 8.25. The van der Waals surface area contributed by atoms with Crippen LogP contribution in [0.5, 0.6) is 0 Å². The summed E-state index contributed by atoms with van der Waals surface area (Å²) in [6.07, 6.45) is 7.89. The maximum Gasteiger partial charge on any atom is 0.262 e. The highest BCUT2D eigenvalue weighted by molar-refractivity contribution is 7.71. The number of aryl methyl sites for hydroxylation is 1. The van der Waals surface area contributed by atoms with E-state index in [9.17, 15) is 10.1 Å². The lowest BCUT2D eigenvalue weighted by Crippen LogP contribution is -2.26. The van der Waals surface area contributed by atoms with Gasteiger partial charge in [0.1, 0.15) is 11.6 Å². The molecule has 1 aliphatic rings. The number of carbonyl (C=O) groups excluding carboxylic acids is 1. The minimum absolute atomic E-state index is 0.0872. The largest absolute Gasteiger partial charge is 0.346 e. The third kappa shape index (κ3) is 4.57. The summed E-state index contributed by atoms with van der Waals surface area (Å²) in [5.74, 6) is 0.223. The van der Waals surface area contributed by atoms with Crippen LogP contribution in [0.4, 0.5) is 0 Å². The van der Waals surface area contributed by atoms with Crippen LogP contribution in [0.25, 0.3) is 6.08 Å². The SMILES string of the molecule is Cc1cc(/C=C(\C#N)C(=O)NCc2n[nH]c(=S)n2C(C)C)c(C)n1C1CCCCC1. The van der Waals surface area contributed by atoms with Gasteiger partial charge in [0.25, 0.3) is 5.91 Å². The van der Waals surface area contributed by atoms with Crippen molar-refractivity contribution in [3.05, 3.63) is 39.2 Å². The van der Waals surface area contributed by atoms with Gasteiger partial charge in [-0.2, -0.15) is 10.4 Å². The van der Waals surface area contributed by atoms with Crippen LogP contribution in [-0.4, -0.2) is 25.2 Å². The van der Waals surface area contributed by atoms with Gasteiger partial charge in [0.15, 0.2) is 10.6 Å². The van der Waals surface area contributed by atoms with Crippen LogP contribution in [0.3, 0.4) is 0 Å². The standard InChI is InChI=1S/C22H30N6OS/c1-14(2)27-20(25-26-22(27)30)13-24-21(29)18(12-23)11-17-10-15(3)28(16(17)4)19-8-6-5-7-9-19/h10-11,14,19H,5-9,13H2,1-4H3,(H,24,29)(H,26,30)/b18-11+. The Kier molecular flexibility index (Phi) is 6.93. The van der Waals surface area contributed by atoms with E-state index in [-0.39, 0.29) is 18.2 Å². The van der Waals surface area contributed by atoms with Crippen molar-refractivity contribution >= 4 is 24.2 Å². The van der Waals surface area contributed by atoms with Gasteiger partial charge < -0.3 is 14.5 Å². The molecular formula is C22H30N6OS. The normalized spacial score (nSPS) is 15.4. The first-order valence-electron chi connectivity index (χ1n) is 10.6. The number of nitrogens with zero attached hydrogens (tertiary/aromatic N) is 4. The maximum atomic E-state index is 12.7. The van der Waals surface area contributed by atoms with Crippen LogP contribution in [0.15, 0.2) is 11.6 Å². The molecule has 0 aliphatic heterocycles. The second kappa shape index (κ2) is 9.43. The first kappa shape index (κ1) is 22.0. The molecule has 1 saturated carbocycles. The zero-order chi connectivity index (χ0) is 21.8. The molecule has 30 heavy (non-hydrogen) atoms. The summed E-state index contributed by atoms with van der Waals surface area (Å²) in [5.41, 5.74) is 3.30. The number of aromatic nitrogens is 4. The van der Waals surface area contributed by atoms with Gasteiger partial charge in [0.2, 0.25) is 0 Å². The van der Waals surface area contributed by atoms with Crippen molar-refractivity contribution in [2.45, 2.75) is 78.4 Å². The van der Waals surface area contributed by atoms with E-state index >= 15 is 0 Å². The van der Waals surface area contributed by atoms with Crippen LogP contribution >= 0.6 is 12.2 Å². The zero-order valence-electron chi connectivity index (χ0n) is 18.2. The lowest BCUT2D eigenvalue weighted by Gasteiger charge is -2.26. The first-order chi connectivity index (χ1) is 14.3. The summed E-state index contributed by atoms with van der Waals surface area (Å²) in [6, 6.07) is 4.75. The van der Waals surface area contributed by atoms with Crippen molar-refractivity contribution in [2.24, 2.45) is 0 Å². The lowest BCUT2D eigenvalue weighted by molar-refractivity contribution is -0.117. The van der Waals surface area contributed by atoms with Crippen LogP contribution in [0, 0.1) is 29.9 Å². The molecule has 0 saturated heterocycles. The molecule has 2 aromatic heterocycles. The van der Waals surface area contributed by atoms with Gasteiger partial charge in [0.05, 0.1) is 6.54 Å². The Bertz CT molecular complexity index is 1040. The highest BCUT2D eigenvalue weighted by atomic mass is 32.1. The molecule has 2 aromatic rings. The number of carbonyl (C=O) groups is 1.